The molecule has 5 rings (SSSR count). The van der Waals surface area contributed by atoms with Gasteiger partial charge in [-0.25, -0.2) is 0 Å². The Morgan fingerprint density at radius 2 is 1.87 bits per heavy atom. The summed E-state index contributed by atoms with van der Waals surface area (Å²) in [6.07, 6.45) is 13.4. The largest absolute Gasteiger partial charge is 0.349 e. The zero-order valence-corrected chi connectivity index (χ0v) is 17.8. The summed E-state index contributed by atoms with van der Waals surface area (Å²) in [7, 11) is 1.92. The number of nitrogens with one attached hydrogen (secondary N) is 1. The monoisotopic (exact) mass is 413 g/mol. The molecule has 1 amide bonds. The number of amides is 1. The molecule has 1 aromatic carbocycles. The van der Waals surface area contributed by atoms with E-state index in [1.807, 2.05) is 42.5 Å². The zero-order valence-electron chi connectivity index (χ0n) is 17.8. The van der Waals surface area contributed by atoms with Crippen LogP contribution < -0.4 is 5.32 Å². The van der Waals surface area contributed by atoms with Crippen molar-refractivity contribution in [2.45, 2.75) is 44.7 Å². The van der Waals surface area contributed by atoms with Gasteiger partial charge in [-0.1, -0.05) is 43.5 Å². The number of carbonyl (C=O) groups is 1. The molecule has 4 aromatic rings. The lowest BCUT2D eigenvalue weighted by molar-refractivity contribution is 0.0929. The normalized spacial score (nSPS) is 14.7. The van der Waals surface area contributed by atoms with Crippen LogP contribution in [0.1, 0.15) is 48.0 Å². The number of pyridine rings is 1. The maximum absolute atomic E-state index is 13.0. The first-order chi connectivity index (χ1) is 15.2. The second-order valence-corrected chi connectivity index (χ2v) is 8.45. The van der Waals surface area contributed by atoms with E-state index >= 15 is 0 Å². The fourth-order valence-corrected chi connectivity index (χ4v) is 4.50. The van der Waals surface area contributed by atoms with Gasteiger partial charge in [0.15, 0.2) is 0 Å². The number of aryl methyl sites for hydroxylation is 1. The summed E-state index contributed by atoms with van der Waals surface area (Å²) in [6, 6.07) is 12.7. The minimum absolute atomic E-state index is 0.0127. The number of nitrogens with zero attached hydrogens (tertiary/aromatic N) is 4. The van der Waals surface area contributed by atoms with Crippen molar-refractivity contribution >= 4 is 16.9 Å². The smallest absolute Gasteiger partial charge is 0.255 e. The third-order valence-electron chi connectivity index (χ3n) is 6.17. The third kappa shape index (κ3) is 4.10. The predicted octanol–water partition coefficient (Wildman–Crippen LogP) is 4.55. The Bertz CT molecular complexity index is 1200. The fourth-order valence-electron chi connectivity index (χ4n) is 4.50. The van der Waals surface area contributed by atoms with Crippen LogP contribution in [0.2, 0.25) is 0 Å². The second kappa shape index (κ2) is 8.38. The molecule has 0 saturated heterocycles. The number of aromatic nitrogens is 4. The summed E-state index contributed by atoms with van der Waals surface area (Å²) in [4.78, 5) is 17.5. The molecular formula is C25H27N5O. The van der Waals surface area contributed by atoms with Crippen LogP contribution in [0, 0.1) is 0 Å². The quantitative estimate of drug-likeness (QED) is 0.522. The molecule has 0 atom stereocenters. The standard InChI is InChI=1S/C25H27N5O/c1-29-16-20(14-27-29)19-11-9-18(10-12-19)15-30-17-22(24-23(30)8-5-13-26-24)25(31)28-21-6-3-2-4-7-21/h5,8-14,16-17,21H,2-4,6-7,15H2,1H3,(H,28,31). The van der Waals surface area contributed by atoms with E-state index in [0.29, 0.717) is 12.1 Å². The van der Waals surface area contributed by atoms with E-state index in [9.17, 15) is 4.79 Å². The molecule has 1 aliphatic carbocycles. The summed E-state index contributed by atoms with van der Waals surface area (Å²) in [5, 5.41) is 7.48. The number of hydrogen-bond donors (Lipinski definition) is 1. The Balaban J connectivity index is 1.39. The first kappa shape index (κ1) is 19.5. The van der Waals surface area contributed by atoms with Crippen LogP contribution in [-0.2, 0) is 13.6 Å². The first-order valence-electron chi connectivity index (χ1n) is 11.0. The van der Waals surface area contributed by atoms with Gasteiger partial charge in [0.05, 0.1) is 17.3 Å². The molecule has 0 aliphatic heterocycles. The van der Waals surface area contributed by atoms with Crippen molar-refractivity contribution in [3.05, 3.63) is 72.3 Å². The molecule has 3 aromatic heterocycles. The van der Waals surface area contributed by atoms with Crippen molar-refractivity contribution in [1.29, 1.82) is 0 Å². The van der Waals surface area contributed by atoms with E-state index in [4.69, 9.17) is 0 Å². The van der Waals surface area contributed by atoms with Crippen LogP contribution in [0.25, 0.3) is 22.2 Å². The topological polar surface area (TPSA) is 64.7 Å². The summed E-state index contributed by atoms with van der Waals surface area (Å²) in [5.41, 5.74) is 5.82. The highest BCUT2D eigenvalue weighted by molar-refractivity contribution is 6.05. The van der Waals surface area contributed by atoms with Gasteiger partial charge in [-0.05, 0) is 36.1 Å². The van der Waals surface area contributed by atoms with Crippen LogP contribution >= 0.6 is 0 Å². The van der Waals surface area contributed by atoms with E-state index < -0.39 is 0 Å². The van der Waals surface area contributed by atoms with Crippen LogP contribution in [0.4, 0.5) is 0 Å². The van der Waals surface area contributed by atoms with Crippen molar-refractivity contribution in [2.75, 3.05) is 0 Å². The van der Waals surface area contributed by atoms with Crippen LogP contribution in [-0.4, -0.2) is 31.3 Å². The minimum Gasteiger partial charge on any atom is -0.349 e. The van der Waals surface area contributed by atoms with E-state index in [0.717, 1.165) is 35.0 Å². The summed E-state index contributed by atoms with van der Waals surface area (Å²) in [5.74, 6) is -0.0127. The molecule has 0 unspecified atom stereocenters. The molecule has 1 fully saturated rings. The van der Waals surface area contributed by atoms with Crippen LogP contribution in [0.15, 0.2) is 61.2 Å². The molecular weight excluding hydrogens is 386 g/mol. The van der Waals surface area contributed by atoms with Crippen molar-refractivity contribution in [3.8, 4) is 11.1 Å². The summed E-state index contributed by atoms with van der Waals surface area (Å²) >= 11 is 0. The Labute approximate surface area is 181 Å². The number of benzene rings is 1. The van der Waals surface area contributed by atoms with Gasteiger partial charge < -0.3 is 9.88 Å². The van der Waals surface area contributed by atoms with Crippen molar-refractivity contribution < 1.29 is 4.79 Å². The molecule has 6 heteroatoms. The van der Waals surface area contributed by atoms with Gasteiger partial charge in [0.1, 0.15) is 5.52 Å². The highest BCUT2D eigenvalue weighted by atomic mass is 16.1. The highest BCUT2D eigenvalue weighted by Crippen LogP contribution is 2.24. The predicted molar refractivity (Wildman–Crippen MR) is 122 cm³/mol. The van der Waals surface area contributed by atoms with Crippen molar-refractivity contribution in [3.63, 3.8) is 0 Å². The molecule has 1 aliphatic rings. The van der Waals surface area contributed by atoms with Gasteiger partial charge in [0.2, 0.25) is 0 Å². The van der Waals surface area contributed by atoms with Gasteiger partial charge in [-0.2, -0.15) is 5.10 Å². The third-order valence-corrected chi connectivity index (χ3v) is 6.17. The summed E-state index contributed by atoms with van der Waals surface area (Å²) in [6.45, 7) is 0.687. The van der Waals surface area contributed by atoms with Crippen LogP contribution in [0.5, 0.6) is 0 Å². The van der Waals surface area contributed by atoms with Gasteiger partial charge in [-0.15, -0.1) is 0 Å². The first-order valence-corrected chi connectivity index (χ1v) is 11.0. The van der Waals surface area contributed by atoms with Gasteiger partial charge in [-0.3, -0.25) is 14.5 Å². The molecule has 0 spiro atoms. The molecule has 1 N–H and O–H groups in total. The number of rotatable bonds is 5. The molecule has 3 heterocycles. The molecule has 31 heavy (non-hydrogen) atoms. The Morgan fingerprint density at radius 3 is 2.61 bits per heavy atom. The zero-order chi connectivity index (χ0) is 21.2. The van der Waals surface area contributed by atoms with E-state index in [-0.39, 0.29) is 11.9 Å². The Hall–Kier alpha value is -3.41. The Kier molecular flexibility index (Phi) is 5.28. The molecule has 158 valence electrons. The fraction of sp³-hybridized carbons (Fsp3) is 0.320. The maximum atomic E-state index is 13.0. The lowest BCUT2D eigenvalue weighted by Gasteiger charge is -2.22. The minimum atomic E-state index is -0.0127. The van der Waals surface area contributed by atoms with Gasteiger partial charge in [0.25, 0.3) is 5.91 Å². The number of hydrogen-bond acceptors (Lipinski definition) is 3. The van der Waals surface area contributed by atoms with Crippen molar-refractivity contribution in [2.24, 2.45) is 7.05 Å². The van der Waals surface area contributed by atoms with Crippen LogP contribution in [0.3, 0.4) is 0 Å². The van der Waals surface area contributed by atoms with E-state index in [1.165, 1.54) is 24.8 Å². The molecule has 1 saturated carbocycles. The molecule has 0 radical (unpaired) electrons. The van der Waals surface area contributed by atoms with Gasteiger partial charge in [0, 0.05) is 43.8 Å². The molecule has 6 nitrogen and oxygen atoms in total. The Morgan fingerprint density at radius 1 is 1.06 bits per heavy atom. The lowest BCUT2D eigenvalue weighted by atomic mass is 9.95. The van der Waals surface area contributed by atoms with E-state index in [1.54, 1.807) is 6.20 Å². The highest BCUT2D eigenvalue weighted by Gasteiger charge is 2.21. The average Bonchev–Trinajstić information content (AvgIpc) is 3.39. The second-order valence-electron chi connectivity index (χ2n) is 8.45. The van der Waals surface area contributed by atoms with Gasteiger partial charge >= 0.3 is 0 Å². The van der Waals surface area contributed by atoms with E-state index in [2.05, 4.69) is 44.2 Å². The SMILES string of the molecule is Cn1cc(-c2ccc(Cn3cc(C(=O)NC4CCCCC4)c4ncccc43)cc2)cn1. The lowest BCUT2D eigenvalue weighted by Crippen LogP contribution is -2.36. The summed E-state index contributed by atoms with van der Waals surface area (Å²) < 4.78 is 3.93. The molecule has 0 bridgehead atoms. The number of fused-ring (bicyclic) bond motifs is 1. The van der Waals surface area contributed by atoms with Crippen molar-refractivity contribution in [1.82, 2.24) is 24.6 Å². The maximum Gasteiger partial charge on any atom is 0.255 e. The number of carbonyl (C=O) groups excluding carboxylic acids is 1. The average molecular weight is 414 g/mol.